The summed E-state index contributed by atoms with van der Waals surface area (Å²) in [6.07, 6.45) is 8.78. The number of ketones is 1. The Morgan fingerprint density at radius 3 is 3.00 bits per heavy atom. The molecule has 2 aliphatic rings. The van der Waals surface area contributed by atoms with E-state index in [4.69, 9.17) is 0 Å². The second-order valence-electron chi connectivity index (χ2n) is 5.77. The maximum absolute atomic E-state index is 12.3. The third-order valence-electron chi connectivity index (χ3n) is 4.90. The molecule has 1 heteroatoms. The second-order valence-corrected chi connectivity index (χ2v) is 5.77. The van der Waals surface area contributed by atoms with Gasteiger partial charge in [-0.3, -0.25) is 4.79 Å². The maximum Gasteiger partial charge on any atom is 0.164 e. The van der Waals surface area contributed by atoms with Gasteiger partial charge in [0.2, 0.25) is 0 Å². The van der Waals surface area contributed by atoms with Crippen molar-refractivity contribution in [2.24, 2.45) is 5.92 Å². The van der Waals surface area contributed by atoms with Crippen LogP contribution in [0.25, 0.3) is 0 Å². The van der Waals surface area contributed by atoms with Crippen LogP contribution in [0.1, 0.15) is 54.4 Å². The molecule has 1 spiro atoms. The van der Waals surface area contributed by atoms with E-state index in [1.54, 1.807) is 0 Å². The number of hydrogen-bond donors (Lipinski definition) is 0. The van der Waals surface area contributed by atoms with Gasteiger partial charge in [-0.2, -0.15) is 0 Å². The highest BCUT2D eigenvalue weighted by Crippen LogP contribution is 2.52. The molecule has 94 valence electrons. The molecule has 0 heterocycles. The smallest absolute Gasteiger partial charge is 0.164 e. The lowest BCUT2D eigenvalue weighted by molar-refractivity contribution is 0.0927. The standard InChI is InChI=1S/C17H20O/c1-2-7-13-8-5-6-11-17(13)12-16(18)14-9-3-4-10-15(14)17/h2-4,9-10,13H,1,5-8,11-12H2. The molecule has 0 aliphatic heterocycles. The van der Waals surface area contributed by atoms with Crippen molar-refractivity contribution in [2.45, 2.75) is 43.9 Å². The molecule has 18 heavy (non-hydrogen) atoms. The first-order valence-corrected chi connectivity index (χ1v) is 7.01. The van der Waals surface area contributed by atoms with E-state index in [0.29, 0.717) is 11.7 Å². The van der Waals surface area contributed by atoms with E-state index in [0.717, 1.165) is 18.4 Å². The molecule has 1 aromatic rings. The Labute approximate surface area is 109 Å². The quantitative estimate of drug-likeness (QED) is 0.705. The number of carbonyl (C=O) groups excluding carboxylic acids is 1. The summed E-state index contributed by atoms with van der Waals surface area (Å²) in [5.74, 6) is 0.956. The summed E-state index contributed by atoms with van der Waals surface area (Å²) >= 11 is 0. The fraction of sp³-hybridized carbons (Fsp3) is 0.471. The van der Waals surface area contributed by atoms with Gasteiger partial charge in [0.25, 0.3) is 0 Å². The van der Waals surface area contributed by atoms with Gasteiger partial charge >= 0.3 is 0 Å². The van der Waals surface area contributed by atoms with Gasteiger partial charge in [0, 0.05) is 17.4 Å². The largest absolute Gasteiger partial charge is 0.294 e. The van der Waals surface area contributed by atoms with Crippen molar-refractivity contribution in [1.82, 2.24) is 0 Å². The number of benzene rings is 1. The zero-order valence-electron chi connectivity index (χ0n) is 10.8. The Kier molecular flexibility index (Phi) is 2.85. The summed E-state index contributed by atoms with van der Waals surface area (Å²) in [4.78, 5) is 12.3. The van der Waals surface area contributed by atoms with Crippen LogP contribution in [0.15, 0.2) is 36.9 Å². The van der Waals surface area contributed by atoms with Crippen molar-refractivity contribution in [3.8, 4) is 0 Å². The minimum atomic E-state index is 0.125. The van der Waals surface area contributed by atoms with Crippen LogP contribution in [0.2, 0.25) is 0 Å². The van der Waals surface area contributed by atoms with Crippen molar-refractivity contribution in [1.29, 1.82) is 0 Å². The number of carbonyl (C=O) groups is 1. The van der Waals surface area contributed by atoms with E-state index in [2.05, 4.69) is 18.7 Å². The number of allylic oxidation sites excluding steroid dienone is 1. The van der Waals surface area contributed by atoms with Crippen LogP contribution < -0.4 is 0 Å². The highest BCUT2D eigenvalue weighted by Gasteiger charge is 2.48. The van der Waals surface area contributed by atoms with Gasteiger partial charge in [-0.25, -0.2) is 0 Å². The highest BCUT2D eigenvalue weighted by atomic mass is 16.1. The third-order valence-corrected chi connectivity index (χ3v) is 4.90. The lowest BCUT2D eigenvalue weighted by Crippen LogP contribution is -2.36. The van der Waals surface area contributed by atoms with Crippen molar-refractivity contribution in [2.75, 3.05) is 0 Å². The van der Waals surface area contributed by atoms with E-state index >= 15 is 0 Å². The summed E-state index contributed by atoms with van der Waals surface area (Å²) in [5.41, 5.74) is 2.43. The SMILES string of the molecule is C=CCC1CCCCC12CC(=O)c1ccccc12. The molecule has 2 unspecified atom stereocenters. The Morgan fingerprint density at radius 1 is 1.33 bits per heavy atom. The van der Waals surface area contributed by atoms with E-state index in [9.17, 15) is 4.79 Å². The third kappa shape index (κ3) is 1.57. The van der Waals surface area contributed by atoms with Gasteiger partial charge in [-0.1, -0.05) is 43.2 Å². The summed E-state index contributed by atoms with van der Waals surface area (Å²) in [6.45, 7) is 3.90. The summed E-state index contributed by atoms with van der Waals surface area (Å²) in [7, 11) is 0. The molecular formula is C17H20O. The Balaban J connectivity index is 2.09. The van der Waals surface area contributed by atoms with Crippen molar-refractivity contribution in [3.05, 3.63) is 48.0 Å². The van der Waals surface area contributed by atoms with Crippen LogP contribution in [-0.2, 0) is 5.41 Å². The van der Waals surface area contributed by atoms with E-state index in [-0.39, 0.29) is 5.41 Å². The fourth-order valence-electron chi connectivity index (χ4n) is 4.08. The normalized spacial score (nSPS) is 30.4. The molecule has 2 atom stereocenters. The predicted octanol–water partition coefficient (Wildman–Crippen LogP) is 4.28. The van der Waals surface area contributed by atoms with Crippen molar-refractivity contribution >= 4 is 5.78 Å². The fourth-order valence-corrected chi connectivity index (χ4v) is 4.08. The predicted molar refractivity (Wildman–Crippen MR) is 73.8 cm³/mol. The van der Waals surface area contributed by atoms with Gasteiger partial charge in [0.15, 0.2) is 5.78 Å². The van der Waals surface area contributed by atoms with Gasteiger partial charge < -0.3 is 0 Å². The highest BCUT2D eigenvalue weighted by molar-refractivity contribution is 6.02. The van der Waals surface area contributed by atoms with Crippen LogP contribution in [0.4, 0.5) is 0 Å². The zero-order chi connectivity index (χ0) is 12.6. The number of hydrogen-bond acceptors (Lipinski definition) is 1. The molecule has 0 saturated heterocycles. The van der Waals surface area contributed by atoms with Gasteiger partial charge in [-0.15, -0.1) is 6.58 Å². The van der Waals surface area contributed by atoms with Crippen molar-refractivity contribution < 1.29 is 4.79 Å². The first kappa shape index (κ1) is 11.7. The van der Waals surface area contributed by atoms with E-state index in [1.165, 1.54) is 31.2 Å². The topological polar surface area (TPSA) is 17.1 Å². The average molecular weight is 240 g/mol. The van der Waals surface area contributed by atoms with Gasteiger partial charge in [-0.05, 0) is 30.7 Å². The minimum Gasteiger partial charge on any atom is -0.294 e. The van der Waals surface area contributed by atoms with Gasteiger partial charge in [0.1, 0.15) is 0 Å². The molecule has 1 aromatic carbocycles. The first-order valence-electron chi connectivity index (χ1n) is 7.01. The molecule has 2 aliphatic carbocycles. The molecule has 1 saturated carbocycles. The van der Waals surface area contributed by atoms with Crippen LogP contribution in [0.3, 0.4) is 0 Å². The number of Topliss-reactive ketones (excluding diaryl/α,β-unsaturated/α-hetero) is 1. The monoisotopic (exact) mass is 240 g/mol. The summed E-state index contributed by atoms with van der Waals surface area (Å²) in [6, 6.07) is 8.26. The second kappa shape index (κ2) is 4.38. The molecule has 0 radical (unpaired) electrons. The van der Waals surface area contributed by atoms with Crippen LogP contribution in [0.5, 0.6) is 0 Å². The Morgan fingerprint density at radius 2 is 2.17 bits per heavy atom. The Bertz CT molecular complexity index is 488. The van der Waals surface area contributed by atoms with Crippen molar-refractivity contribution in [3.63, 3.8) is 0 Å². The lowest BCUT2D eigenvalue weighted by Gasteiger charge is -2.41. The average Bonchev–Trinajstić information content (AvgIpc) is 2.68. The summed E-state index contributed by atoms with van der Waals surface area (Å²) < 4.78 is 0. The molecule has 1 fully saturated rings. The zero-order valence-corrected chi connectivity index (χ0v) is 10.8. The molecule has 0 N–H and O–H groups in total. The van der Waals surface area contributed by atoms with E-state index in [1.807, 2.05) is 18.2 Å². The lowest BCUT2D eigenvalue weighted by atomic mass is 9.62. The minimum absolute atomic E-state index is 0.125. The molecule has 0 aromatic heterocycles. The van der Waals surface area contributed by atoms with Gasteiger partial charge in [0.05, 0.1) is 0 Å². The van der Waals surface area contributed by atoms with Crippen LogP contribution >= 0.6 is 0 Å². The molecule has 3 rings (SSSR count). The summed E-state index contributed by atoms with van der Waals surface area (Å²) in [5, 5.41) is 0. The molecule has 0 bridgehead atoms. The maximum atomic E-state index is 12.3. The van der Waals surface area contributed by atoms with Crippen LogP contribution in [-0.4, -0.2) is 5.78 Å². The van der Waals surface area contributed by atoms with Crippen LogP contribution in [0, 0.1) is 5.92 Å². The molecule has 1 nitrogen and oxygen atoms in total. The number of rotatable bonds is 2. The first-order chi connectivity index (χ1) is 8.78. The Hall–Kier alpha value is -1.37. The molecular weight excluding hydrogens is 220 g/mol. The molecule has 0 amide bonds. The number of fused-ring (bicyclic) bond motifs is 2. The van der Waals surface area contributed by atoms with E-state index < -0.39 is 0 Å².